The molecule has 1 fully saturated rings. The van der Waals surface area contributed by atoms with Gasteiger partial charge in [-0.1, -0.05) is 31.2 Å². The smallest absolute Gasteiger partial charge is 0.312 e. The Hall–Kier alpha value is -2.90. The molecule has 1 saturated heterocycles. The van der Waals surface area contributed by atoms with Crippen molar-refractivity contribution in [1.82, 2.24) is 13.3 Å². The molecule has 47 heavy (non-hydrogen) atoms. The molecule has 1 aliphatic heterocycles. The monoisotopic (exact) mass is 723 g/mol. The quantitative estimate of drug-likeness (QED) is 0.206. The highest BCUT2D eigenvalue weighted by Crippen LogP contribution is 2.48. The van der Waals surface area contributed by atoms with Gasteiger partial charge in [-0.15, -0.1) is 0 Å². The molecule has 2 aromatic carbocycles. The van der Waals surface area contributed by atoms with Crippen LogP contribution in [-0.2, 0) is 29.1 Å². The van der Waals surface area contributed by atoms with Crippen molar-refractivity contribution in [2.45, 2.75) is 68.0 Å². The zero-order valence-electron chi connectivity index (χ0n) is 26.0. The third-order valence-electron chi connectivity index (χ3n) is 7.67. The van der Waals surface area contributed by atoms with E-state index in [1.807, 2.05) is 0 Å². The largest absolute Gasteiger partial charge is 0.405 e. The molecule has 0 aliphatic carbocycles. The van der Waals surface area contributed by atoms with Gasteiger partial charge in [-0.3, -0.25) is 24.8 Å². The second kappa shape index (κ2) is 16.5. The van der Waals surface area contributed by atoms with Gasteiger partial charge in [0.25, 0.3) is 11.4 Å². The fraction of sp³-hybridized carbons (Fsp3) is 0.556. The fourth-order valence-electron chi connectivity index (χ4n) is 4.95. The Morgan fingerprint density at radius 1 is 0.851 bits per heavy atom. The SMILES string of the molecule is CCC(C)OP(=O)(O)N1CCN(S(=O)(=O)c2ccccc2[N+](=O)[O-])CCCC(F)CCCN(S(=O)(=O)c2ccccc2[N+](=O)[O-])CC1. The highest BCUT2D eigenvalue weighted by Gasteiger charge is 2.38. The maximum Gasteiger partial charge on any atom is 0.405 e. The highest BCUT2D eigenvalue weighted by atomic mass is 32.2. The third kappa shape index (κ3) is 9.82. The van der Waals surface area contributed by atoms with Crippen molar-refractivity contribution < 1.29 is 45.1 Å². The Morgan fingerprint density at radius 2 is 1.26 bits per heavy atom. The molecule has 0 spiro atoms. The Labute approximate surface area is 273 Å². The number of nitrogens with zero attached hydrogens (tertiary/aromatic N) is 5. The second-order valence-electron chi connectivity index (χ2n) is 10.9. The standard InChI is InChI=1S/C27H39FN5O11PS2/c1-3-22(2)44-45(38,39)29-18-20-30(46(40,41)26-14-6-4-12-24(26)32(34)35)16-8-10-23(28)11-9-17-31(21-19-29)47(42,43)27-15-7-5-13-25(27)33(36)37/h4-7,12-15,22-23H,3,8-11,16-21H2,1-2H3,(H,38,39). The summed E-state index contributed by atoms with van der Waals surface area (Å²) in [7, 11) is -13.9. The van der Waals surface area contributed by atoms with E-state index in [9.17, 15) is 50.9 Å². The molecule has 2 aromatic rings. The van der Waals surface area contributed by atoms with Gasteiger partial charge in [-0.05, 0) is 51.2 Å². The van der Waals surface area contributed by atoms with Crippen LogP contribution in [0.2, 0.25) is 0 Å². The lowest BCUT2D eigenvalue weighted by molar-refractivity contribution is -0.388. The maximum atomic E-state index is 15.0. The molecular formula is C27H39FN5O11PS2. The van der Waals surface area contributed by atoms with Gasteiger partial charge in [0.2, 0.25) is 20.0 Å². The third-order valence-corrected chi connectivity index (χ3v) is 13.3. The molecule has 0 amide bonds. The average Bonchev–Trinajstić information content (AvgIpc) is 3.01. The molecule has 262 valence electrons. The first-order valence-corrected chi connectivity index (χ1v) is 19.3. The lowest BCUT2D eigenvalue weighted by atomic mass is 10.1. The van der Waals surface area contributed by atoms with Crippen LogP contribution in [0, 0.1) is 20.2 Å². The minimum absolute atomic E-state index is 0.0145. The zero-order valence-corrected chi connectivity index (χ0v) is 28.5. The molecule has 20 heteroatoms. The van der Waals surface area contributed by atoms with Gasteiger partial charge in [0.1, 0.15) is 6.17 Å². The van der Waals surface area contributed by atoms with E-state index in [0.29, 0.717) is 6.42 Å². The number of hydrogen-bond acceptors (Lipinski definition) is 10. The van der Waals surface area contributed by atoms with Crippen molar-refractivity contribution in [3.05, 3.63) is 68.8 Å². The molecular weight excluding hydrogens is 684 g/mol. The summed E-state index contributed by atoms with van der Waals surface area (Å²) >= 11 is 0. The van der Waals surface area contributed by atoms with Crippen LogP contribution in [0.15, 0.2) is 58.3 Å². The van der Waals surface area contributed by atoms with Crippen LogP contribution >= 0.6 is 7.75 Å². The summed E-state index contributed by atoms with van der Waals surface area (Å²) in [5.41, 5.74) is -1.37. The van der Waals surface area contributed by atoms with Crippen molar-refractivity contribution in [2.75, 3.05) is 39.3 Å². The summed E-state index contributed by atoms with van der Waals surface area (Å²) in [4.78, 5) is 31.4. The van der Waals surface area contributed by atoms with E-state index in [-0.39, 0.29) is 38.8 Å². The van der Waals surface area contributed by atoms with E-state index >= 15 is 0 Å². The first-order chi connectivity index (χ1) is 22.0. The van der Waals surface area contributed by atoms with Gasteiger partial charge in [0.05, 0.1) is 16.0 Å². The molecule has 1 heterocycles. The first-order valence-electron chi connectivity index (χ1n) is 14.9. The van der Waals surface area contributed by atoms with Crippen molar-refractivity contribution in [1.29, 1.82) is 0 Å². The van der Waals surface area contributed by atoms with Crippen LogP contribution in [0.4, 0.5) is 15.8 Å². The predicted octanol–water partition coefficient (Wildman–Crippen LogP) is 4.31. The molecule has 0 aromatic heterocycles. The average molecular weight is 724 g/mol. The van der Waals surface area contributed by atoms with E-state index in [4.69, 9.17) is 4.52 Å². The zero-order chi connectivity index (χ0) is 35.0. The van der Waals surface area contributed by atoms with Gasteiger partial charge in [0.15, 0.2) is 9.79 Å². The number of para-hydroxylation sites is 2. The van der Waals surface area contributed by atoms with Crippen LogP contribution in [0.25, 0.3) is 0 Å². The van der Waals surface area contributed by atoms with E-state index < -0.39 is 97.3 Å². The van der Waals surface area contributed by atoms with E-state index in [0.717, 1.165) is 37.5 Å². The van der Waals surface area contributed by atoms with Crippen LogP contribution in [0.5, 0.6) is 0 Å². The van der Waals surface area contributed by atoms with Crippen molar-refractivity contribution in [3.8, 4) is 0 Å². The van der Waals surface area contributed by atoms with Gasteiger partial charge in [-0.2, -0.15) is 8.61 Å². The lowest BCUT2D eigenvalue weighted by Crippen LogP contribution is -2.43. The summed E-state index contributed by atoms with van der Waals surface area (Å²) < 4.78 is 91.5. The summed E-state index contributed by atoms with van der Waals surface area (Å²) in [6.45, 7) is 0.772. The molecule has 16 nitrogen and oxygen atoms in total. The van der Waals surface area contributed by atoms with E-state index in [1.165, 1.54) is 31.2 Å². The predicted molar refractivity (Wildman–Crippen MR) is 169 cm³/mol. The first kappa shape index (κ1) is 38.5. The number of alkyl halides is 1. The van der Waals surface area contributed by atoms with E-state index in [1.54, 1.807) is 6.92 Å². The van der Waals surface area contributed by atoms with Crippen LogP contribution in [-0.4, -0.2) is 96.4 Å². The molecule has 2 atom stereocenters. The van der Waals surface area contributed by atoms with Crippen LogP contribution in [0.3, 0.4) is 0 Å². The number of halogens is 1. The fourth-order valence-corrected chi connectivity index (χ4v) is 9.64. The normalized spacial score (nSPS) is 19.7. The minimum atomic E-state index is -4.71. The van der Waals surface area contributed by atoms with Crippen molar-refractivity contribution in [3.63, 3.8) is 0 Å². The number of rotatable bonds is 10. The topological polar surface area (TPSA) is 211 Å². The molecule has 0 radical (unpaired) electrons. The molecule has 2 unspecified atom stereocenters. The molecule has 0 saturated carbocycles. The molecule has 1 N–H and O–H groups in total. The molecule has 1 aliphatic rings. The molecule has 0 bridgehead atoms. The maximum absolute atomic E-state index is 15.0. The Kier molecular flexibility index (Phi) is 13.5. The van der Waals surface area contributed by atoms with Crippen molar-refractivity contribution in [2.24, 2.45) is 0 Å². The van der Waals surface area contributed by atoms with Gasteiger partial charge in [0, 0.05) is 51.4 Å². The number of nitro groups is 2. The summed E-state index contributed by atoms with van der Waals surface area (Å²) in [5.74, 6) is 0. The number of hydrogen-bond donors (Lipinski definition) is 1. The lowest BCUT2D eigenvalue weighted by Gasteiger charge is -2.32. The Balaban J connectivity index is 2.05. The Bertz CT molecular complexity index is 1580. The summed E-state index contributed by atoms with van der Waals surface area (Å²) in [6, 6.07) is 9.38. The summed E-state index contributed by atoms with van der Waals surface area (Å²) in [6.07, 6.45) is -2.13. The van der Waals surface area contributed by atoms with Gasteiger partial charge < -0.3 is 4.89 Å². The van der Waals surface area contributed by atoms with Gasteiger partial charge >= 0.3 is 7.75 Å². The number of sulfonamides is 2. The van der Waals surface area contributed by atoms with Gasteiger partial charge in [-0.25, -0.2) is 30.5 Å². The number of benzene rings is 2. The van der Waals surface area contributed by atoms with Crippen LogP contribution in [0.1, 0.15) is 46.0 Å². The Morgan fingerprint density at radius 3 is 1.64 bits per heavy atom. The number of nitro benzene ring substituents is 2. The van der Waals surface area contributed by atoms with E-state index in [2.05, 4.69) is 0 Å². The van der Waals surface area contributed by atoms with Crippen molar-refractivity contribution >= 4 is 39.2 Å². The second-order valence-corrected chi connectivity index (χ2v) is 16.5. The minimum Gasteiger partial charge on any atom is -0.312 e. The summed E-state index contributed by atoms with van der Waals surface area (Å²) in [5, 5.41) is 23.3. The molecule has 3 rings (SSSR count). The highest BCUT2D eigenvalue weighted by molar-refractivity contribution is 7.89. The van der Waals surface area contributed by atoms with Crippen LogP contribution < -0.4 is 0 Å².